The summed E-state index contributed by atoms with van der Waals surface area (Å²) in [4.78, 5) is 28.4. The van der Waals surface area contributed by atoms with Crippen LogP contribution in [-0.4, -0.2) is 51.4 Å². The Morgan fingerprint density at radius 3 is 2.17 bits per heavy atom. The summed E-state index contributed by atoms with van der Waals surface area (Å²) in [5, 5.41) is 3.60. The number of nitrogens with zero attached hydrogens (tertiary/aromatic N) is 2. The molecule has 8 nitrogen and oxygen atoms in total. The first kappa shape index (κ1) is 31.5. The van der Waals surface area contributed by atoms with Crippen molar-refractivity contribution in [3.05, 3.63) is 87.4 Å². The molecule has 12 heteroatoms. The molecule has 0 aromatic heterocycles. The molecule has 1 unspecified atom stereocenters. The van der Waals surface area contributed by atoms with Crippen LogP contribution in [0, 0.1) is 0 Å². The van der Waals surface area contributed by atoms with Crippen molar-refractivity contribution >= 4 is 62.3 Å². The quantitative estimate of drug-likeness (QED) is 0.274. The molecule has 0 aliphatic carbocycles. The van der Waals surface area contributed by atoms with E-state index in [-0.39, 0.29) is 40.2 Å². The number of likely N-dealkylation sites (N-methyl/N-ethyl adjacent to an activating group) is 1. The first-order valence-corrected chi connectivity index (χ1v) is 15.0. The molecule has 40 heavy (non-hydrogen) atoms. The third-order valence-corrected chi connectivity index (χ3v) is 8.86. The smallest absolute Gasteiger partial charge is 0.264 e. The van der Waals surface area contributed by atoms with Crippen LogP contribution in [0.1, 0.15) is 25.8 Å². The van der Waals surface area contributed by atoms with Crippen molar-refractivity contribution < 1.29 is 22.7 Å². The number of benzene rings is 3. The highest BCUT2D eigenvalue weighted by Crippen LogP contribution is 2.35. The van der Waals surface area contributed by atoms with E-state index in [0.29, 0.717) is 22.2 Å². The van der Waals surface area contributed by atoms with E-state index in [4.69, 9.17) is 39.5 Å². The molecular weight excluding hydrogens is 597 g/mol. The summed E-state index contributed by atoms with van der Waals surface area (Å²) in [6.45, 7) is 3.08. The van der Waals surface area contributed by atoms with Crippen LogP contribution >= 0.6 is 34.8 Å². The van der Waals surface area contributed by atoms with Crippen molar-refractivity contribution in [3.63, 3.8) is 0 Å². The summed E-state index contributed by atoms with van der Waals surface area (Å²) in [7, 11) is -2.90. The lowest BCUT2D eigenvalue weighted by atomic mass is 10.1. The topological polar surface area (TPSA) is 96.0 Å². The molecule has 0 aliphatic rings. The molecule has 214 valence electrons. The van der Waals surface area contributed by atoms with Gasteiger partial charge in [0.2, 0.25) is 11.8 Å². The Morgan fingerprint density at radius 1 is 0.950 bits per heavy atom. The Labute approximate surface area is 249 Å². The summed E-state index contributed by atoms with van der Waals surface area (Å²) < 4.78 is 34.3. The number of sulfonamides is 1. The van der Waals surface area contributed by atoms with Crippen LogP contribution < -0.4 is 14.4 Å². The van der Waals surface area contributed by atoms with Crippen LogP contribution in [-0.2, 0) is 26.2 Å². The van der Waals surface area contributed by atoms with E-state index >= 15 is 0 Å². The zero-order valence-corrected chi connectivity index (χ0v) is 25.3. The molecule has 3 aromatic rings. The minimum absolute atomic E-state index is 0.0405. The highest BCUT2D eigenvalue weighted by atomic mass is 35.5. The average Bonchev–Trinajstić information content (AvgIpc) is 2.93. The maximum absolute atomic E-state index is 14.1. The molecule has 0 spiro atoms. The van der Waals surface area contributed by atoms with Crippen LogP contribution in [0.5, 0.6) is 5.75 Å². The molecule has 1 N–H and O–H groups in total. The third kappa shape index (κ3) is 7.20. The van der Waals surface area contributed by atoms with Crippen LogP contribution in [0.2, 0.25) is 15.1 Å². The van der Waals surface area contributed by atoms with Crippen LogP contribution in [0.4, 0.5) is 5.69 Å². The number of methoxy groups -OCH3 is 1. The second-order valence-electron chi connectivity index (χ2n) is 8.68. The Bertz CT molecular complexity index is 1430. The monoisotopic (exact) mass is 625 g/mol. The van der Waals surface area contributed by atoms with E-state index in [1.165, 1.54) is 36.3 Å². The number of carbonyl (C=O) groups is 2. The number of hydrogen-bond donors (Lipinski definition) is 1. The molecular formula is C28H30Cl3N3O5S. The van der Waals surface area contributed by atoms with Gasteiger partial charge in [-0.25, -0.2) is 8.42 Å². The van der Waals surface area contributed by atoms with Crippen molar-refractivity contribution in [3.8, 4) is 5.75 Å². The SMILES string of the molecule is CCNC(=O)C(CC)N(Cc1c(Cl)cccc1Cl)C(=O)CN(c1cc(Cl)ccc1OC)S(=O)(=O)c1ccccc1. The van der Waals surface area contributed by atoms with Crippen LogP contribution in [0.15, 0.2) is 71.6 Å². The predicted molar refractivity (Wildman–Crippen MR) is 159 cm³/mol. The van der Waals surface area contributed by atoms with Gasteiger partial charge in [0.25, 0.3) is 10.0 Å². The average molecular weight is 627 g/mol. The Hall–Kier alpha value is -2.98. The normalized spacial score (nSPS) is 11.9. The molecule has 3 aromatic carbocycles. The first-order valence-electron chi connectivity index (χ1n) is 12.5. The third-order valence-electron chi connectivity index (χ3n) is 6.15. The van der Waals surface area contributed by atoms with Crippen LogP contribution in [0.3, 0.4) is 0 Å². The maximum Gasteiger partial charge on any atom is 0.264 e. The van der Waals surface area contributed by atoms with Gasteiger partial charge in [-0.2, -0.15) is 0 Å². The first-order chi connectivity index (χ1) is 19.0. The fourth-order valence-corrected chi connectivity index (χ4v) is 6.28. The zero-order chi connectivity index (χ0) is 29.4. The Morgan fingerprint density at radius 2 is 1.60 bits per heavy atom. The number of amides is 2. The summed E-state index contributed by atoms with van der Waals surface area (Å²) >= 11 is 19.1. The van der Waals surface area contributed by atoms with E-state index in [1.54, 1.807) is 56.3 Å². The Balaban J connectivity index is 2.16. The van der Waals surface area contributed by atoms with Gasteiger partial charge in [-0.1, -0.05) is 66.0 Å². The van der Waals surface area contributed by atoms with Gasteiger partial charge in [-0.05, 0) is 55.8 Å². The molecule has 0 aliphatic heterocycles. The molecule has 1 atom stereocenters. The van der Waals surface area contributed by atoms with Gasteiger partial charge in [0.15, 0.2) is 0 Å². The van der Waals surface area contributed by atoms with E-state index in [0.717, 1.165) is 4.31 Å². The minimum atomic E-state index is -4.29. The largest absolute Gasteiger partial charge is 0.495 e. The van der Waals surface area contributed by atoms with Gasteiger partial charge < -0.3 is 15.0 Å². The van der Waals surface area contributed by atoms with E-state index in [1.807, 2.05) is 0 Å². The van der Waals surface area contributed by atoms with Gasteiger partial charge in [0, 0.05) is 33.7 Å². The second-order valence-corrected chi connectivity index (χ2v) is 11.8. The van der Waals surface area contributed by atoms with Gasteiger partial charge in [-0.3, -0.25) is 13.9 Å². The summed E-state index contributed by atoms with van der Waals surface area (Å²) in [6, 6.07) is 16.2. The number of halogens is 3. The molecule has 2 amide bonds. The molecule has 0 radical (unpaired) electrons. The molecule has 0 fully saturated rings. The highest BCUT2D eigenvalue weighted by Gasteiger charge is 2.35. The zero-order valence-electron chi connectivity index (χ0n) is 22.2. The van der Waals surface area contributed by atoms with Crippen molar-refractivity contribution in [2.45, 2.75) is 37.8 Å². The Kier molecular flexibility index (Phi) is 11.1. The summed E-state index contributed by atoms with van der Waals surface area (Å²) in [6.07, 6.45) is 0.256. The lowest BCUT2D eigenvalue weighted by Crippen LogP contribution is -2.52. The number of nitrogens with one attached hydrogen (secondary N) is 1. The van der Waals surface area contributed by atoms with Crippen molar-refractivity contribution in [2.24, 2.45) is 0 Å². The fourth-order valence-electron chi connectivity index (χ4n) is 4.16. The second kappa shape index (κ2) is 14.1. The lowest BCUT2D eigenvalue weighted by molar-refractivity contribution is -0.140. The van der Waals surface area contributed by atoms with Crippen molar-refractivity contribution in [2.75, 3.05) is 24.5 Å². The van der Waals surface area contributed by atoms with E-state index < -0.39 is 28.5 Å². The number of carbonyl (C=O) groups excluding carboxylic acids is 2. The van der Waals surface area contributed by atoms with E-state index in [9.17, 15) is 18.0 Å². The van der Waals surface area contributed by atoms with Crippen molar-refractivity contribution in [1.82, 2.24) is 10.2 Å². The highest BCUT2D eigenvalue weighted by molar-refractivity contribution is 7.92. The van der Waals surface area contributed by atoms with Gasteiger partial charge in [0.1, 0.15) is 18.3 Å². The maximum atomic E-state index is 14.1. The number of hydrogen-bond acceptors (Lipinski definition) is 5. The van der Waals surface area contributed by atoms with E-state index in [2.05, 4.69) is 5.32 Å². The molecule has 0 heterocycles. The van der Waals surface area contributed by atoms with Gasteiger partial charge >= 0.3 is 0 Å². The van der Waals surface area contributed by atoms with Gasteiger partial charge in [0.05, 0.1) is 17.7 Å². The lowest BCUT2D eigenvalue weighted by Gasteiger charge is -2.33. The number of rotatable bonds is 12. The fraction of sp³-hybridized carbons (Fsp3) is 0.286. The van der Waals surface area contributed by atoms with Crippen molar-refractivity contribution in [1.29, 1.82) is 0 Å². The molecule has 3 rings (SSSR count). The van der Waals surface area contributed by atoms with Crippen LogP contribution in [0.25, 0.3) is 0 Å². The molecule has 0 saturated heterocycles. The van der Waals surface area contributed by atoms with Gasteiger partial charge in [-0.15, -0.1) is 0 Å². The number of anilines is 1. The summed E-state index contributed by atoms with van der Waals surface area (Å²) in [5.41, 5.74) is 0.494. The molecule has 0 saturated carbocycles. The molecule has 0 bridgehead atoms. The summed E-state index contributed by atoms with van der Waals surface area (Å²) in [5.74, 6) is -0.858. The standard InChI is InChI=1S/C28H30Cl3N3O5S/c1-4-24(28(36)32-5-2)33(17-21-22(30)12-9-13-23(21)31)27(35)18-34(25-16-19(29)14-15-26(25)39-3)40(37,38)20-10-7-6-8-11-20/h6-16,24H,4-5,17-18H2,1-3H3,(H,32,36). The predicted octanol–water partition coefficient (Wildman–Crippen LogP) is 5.79. The number of ether oxygens (including phenoxy) is 1. The minimum Gasteiger partial charge on any atom is -0.495 e.